The first-order valence-electron chi connectivity index (χ1n) is 6.67. The lowest BCUT2D eigenvalue weighted by Crippen LogP contribution is -2.48. The molecule has 0 aliphatic heterocycles. The number of hydrogen-bond donors (Lipinski definition) is 2. The van der Waals surface area contributed by atoms with Gasteiger partial charge in [0.05, 0.1) is 4.90 Å². The lowest BCUT2D eigenvalue weighted by Gasteiger charge is -2.32. The van der Waals surface area contributed by atoms with E-state index in [1.165, 1.54) is 0 Å². The topological polar surface area (TPSA) is 75.4 Å². The summed E-state index contributed by atoms with van der Waals surface area (Å²) in [6.07, 6.45) is 0. The summed E-state index contributed by atoms with van der Waals surface area (Å²) < 4.78 is 28.3. The van der Waals surface area contributed by atoms with Crippen molar-refractivity contribution in [1.29, 1.82) is 0 Å². The number of nitrogens with zero attached hydrogens (tertiary/aromatic N) is 1. The molecule has 0 bridgehead atoms. The zero-order valence-electron chi connectivity index (χ0n) is 13.2. The van der Waals surface area contributed by atoms with E-state index in [-0.39, 0.29) is 10.4 Å². The molecule has 7 heteroatoms. The molecule has 5 nitrogen and oxygen atoms in total. The Balaban J connectivity index is 3.12. The van der Waals surface area contributed by atoms with Crippen LogP contribution in [0.15, 0.2) is 21.5 Å². The van der Waals surface area contributed by atoms with Gasteiger partial charge < -0.3 is 10.6 Å². The molecule has 0 spiro atoms. The Kier molecular flexibility index (Phi) is 5.97. The number of rotatable bonds is 6. The predicted octanol–water partition coefficient (Wildman–Crippen LogP) is 1.83. The molecule has 0 aliphatic carbocycles. The highest BCUT2D eigenvalue weighted by Gasteiger charge is 2.26. The van der Waals surface area contributed by atoms with E-state index >= 15 is 0 Å². The first-order chi connectivity index (χ1) is 9.51. The molecule has 0 aromatic heterocycles. The quantitative estimate of drug-likeness (QED) is 0.792. The van der Waals surface area contributed by atoms with Gasteiger partial charge in [0, 0.05) is 23.1 Å². The molecule has 21 heavy (non-hydrogen) atoms. The van der Waals surface area contributed by atoms with Crippen LogP contribution < -0.4 is 10.5 Å². The van der Waals surface area contributed by atoms with Crippen molar-refractivity contribution in [3.63, 3.8) is 0 Å². The molecule has 0 unspecified atom stereocenters. The Morgan fingerprint density at radius 3 is 2.38 bits per heavy atom. The zero-order chi connectivity index (χ0) is 16.4. The molecule has 1 aromatic carbocycles. The summed E-state index contributed by atoms with van der Waals surface area (Å²) in [6, 6.07) is 3.49. The molecule has 0 aliphatic rings. The Hall–Kier alpha value is -0.470. The van der Waals surface area contributed by atoms with Crippen LogP contribution in [-0.4, -0.2) is 39.5 Å². The maximum atomic E-state index is 12.5. The molecule has 0 heterocycles. The largest absolute Gasteiger partial charge is 0.326 e. The van der Waals surface area contributed by atoms with Crippen LogP contribution in [0.5, 0.6) is 0 Å². The lowest BCUT2D eigenvalue weighted by molar-refractivity contribution is 0.199. The smallest absolute Gasteiger partial charge is 0.241 e. The summed E-state index contributed by atoms with van der Waals surface area (Å²) in [6.45, 7) is 6.44. The van der Waals surface area contributed by atoms with Crippen LogP contribution >= 0.6 is 15.9 Å². The zero-order valence-corrected chi connectivity index (χ0v) is 15.6. The van der Waals surface area contributed by atoms with E-state index in [4.69, 9.17) is 5.73 Å². The summed E-state index contributed by atoms with van der Waals surface area (Å²) >= 11 is 3.36. The fraction of sp³-hybridized carbons (Fsp3) is 0.571. The van der Waals surface area contributed by atoms with Gasteiger partial charge in [0.1, 0.15) is 0 Å². The molecule has 1 rings (SSSR count). The fourth-order valence-corrected chi connectivity index (χ4v) is 3.90. The fourth-order valence-electron chi connectivity index (χ4n) is 1.63. The van der Waals surface area contributed by atoms with Crippen LogP contribution in [0.1, 0.15) is 25.0 Å². The average molecular weight is 378 g/mol. The number of nitrogens with one attached hydrogen (secondary N) is 1. The van der Waals surface area contributed by atoms with Gasteiger partial charge in [-0.25, -0.2) is 13.1 Å². The molecule has 3 N–H and O–H groups in total. The number of benzene rings is 1. The molecule has 0 amide bonds. The average Bonchev–Trinajstić information content (AvgIpc) is 2.39. The van der Waals surface area contributed by atoms with Crippen molar-refractivity contribution < 1.29 is 8.42 Å². The third-order valence-electron chi connectivity index (χ3n) is 3.71. The van der Waals surface area contributed by atoms with Crippen molar-refractivity contribution in [2.75, 3.05) is 20.6 Å². The molecule has 0 fully saturated rings. The van der Waals surface area contributed by atoms with E-state index in [1.54, 1.807) is 6.07 Å². The molecule has 0 saturated carbocycles. The van der Waals surface area contributed by atoms with Gasteiger partial charge in [0.25, 0.3) is 0 Å². The Morgan fingerprint density at radius 2 is 1.90 bits per heavy atom. The minimum Gasteiger partial charge on any atom is -0.326 e. The van der Waals surface area contributed by atoms with E-state index in [9.17, 15) is 8.42 Å². The second-order valence-corrected chi connectivity index (χ2v) is 8.49. The van der Waals surface area contributed by atoms with E-state index in [0.29, 0.717) is 17.6 Å². The number of hydrogen-bond acceptors (Lipinski definition) is 4. The number of halogens is 1. The number of likely N-dealkylation sites (N-methyl/N-ethyl adjacent to an activating group) is 1. The highest BCUT2D eigenvalue weighted by Crippen LogP contribution is 2.27. The van der Waals surface area contributed by atoms with Crippen LogP contribution in [0.4, 0.5) is 0 Å². The molecule has 0 atom stereocenters. The summed E-state index contributed by atoms with van der Waals surface area (Å²) in [4.78, 5) is 2.21. The highest BCUT2D eigenvalue weighted by atomic mass is 79.9. The Morgan fingerprint density at radius 1 is 1.33 bits per heavy atom. The van der Waals surface area contributed by atoms with Crippen molar-refractivity contribution in [3.8, 4) is 0 Å². The van der Waals surface area contributed by atoms with Crippen molar-refractivity contribution >= 4 is 26.0 Å². The predicted molar refractivity (Wildman–Crippen MR) is 89.7 cm³/mol. The molecule has 120 valence electrons. The third kappa shape index (κ3) is 4.50. The van der Waals surface area contributed by atoms with Crippen LogP contribution in [0.25, 0.3) is 0 Å². The Labute approximate surface area is 136 Å². The summed E-state index contributed by atoms with van der Waals surface area (Å²) in [5.74, 6) is 0. The summed E-state index contributed by atoms with van der Waals surface area (Å²) in [5, 5.41) is 0. The van der Waals surface area contributed by atoms with Gasteiger partial charge in [-0.05, 0) is 68.0 Å². The van der Waals surface area contributed by atoms with Gasteiger partial charge in [-0.1, -0.05) is 6.07 Å². The van der Waals surface area contributed by atoms with Crippen molar-refractivity contribution in [1.82, 2.24) is 9.62 Å². The highest BCUT2D eigenvalue weighted by molar-refractivity contribution is 9.10. The summed E-state index contributed by atoms with van der Waals surface area (Å²) in [5.41, 5.74) is 7.00. The number of aryl methyl sites for hydroxylation is 1. The second kappa shape index (κ2) is 6.75. The van der Waals surface area contributed by atoms with E-state index in [0.717, 1.165) is 11.1 Å². The number of sulfonamides is 1. The molecule has 0 saturated heterocycles. The summed E-state index contributed by atoms with van der Waals surface area (Å²) in [7, 11) is 0.248. The lowest BCUT2D eigenvalue weighted by atomic mass is 10.1. The van der Waals surface area contributed by atoms with Gasteiger partial charge in [-0.3, -0.25) is 0 Å². The van der Waals surface area contributed by atoms with E-state index < -0.39 is 10.0 Å². The Bertz CT molecular complexity index is 613. The van der Waals surface area contributed by atoms with E-state index in [2.05, 4.69) is 20.7 Å². The van der Waals surface area contributed by atoms with Gasteiger partial charge in [-0.15, -0.1) is 0 Å². The van der Waals surface area contributed by atoms with Crippen LogP contribution in [-0.2, 0) is 16.6 Å². The first-order valence-corrected chi connectivity index (χ1v) is 8.95. The van der Waals surface area contributed by atoms with Crippen molar-refractivity contribution in [3.05, 3.63) is 27.7 Å². The van der Waals surface area contributed by atoms with Crippen LogP contribution in [0.2, 0.25) is 0 Å². The van der Waals surface area contributed by atoms with Gasteiger partial charge in [0.2, 0.25) is 10.0 Å². The van der Waals surface area contributed by atoms with Crippen molar-refractivity contribution in [2.45, 2.75) is 37.8 Å². The minimum atomic E-state index is -3.59. The maximum Gasteiger partial charge on any atom is 0.241 e. The van der Waals surface area contributed by atoms with Crippen LogP contribution in [0, 0.1) is 6.92 Å². The maximum absolute atomic E-state index is 12.5. The number of nitrogens with two attached hydrogens (primary N) is 1. The third-order valence-corrected chi connectivity index (χ3v) is 6.45. The van der Waals surface area contributed by atoms with Gasteiger partial charge >= 0.3 is 0 Å². The van der Waals surface area contributed by atoms with Crippen molar-refractivity contribution in [2.24, 2.45) is 5.73 Å². The SMILES string of the molecule is Cc1cc(CN)cc(S(=O)(=O)NCC(C)(C)N(C)C)c1Br. The normalized spacial score (nSPS) is 13.0. The van der Waals surface area contributed by atoms with Gasteiger partial charge in [0.15, 0.2) is 0 Å². The minimum absolute atomic E-state index is 0.234. The molecule has 0 radical (unpaired) electrons. The first kappa shape index (κ1) is 18.6. The molecular weight excluding hydrogens is 354 g/mol. The molecular formula is C14H24BrN3O2S. The standard InChI is InChI=1S/C14H24BrN3O2S/c1-10-6-11(8-16)7-12(13(10)15)21(19,20)17-9-14(2,3)18(4)5/h6-7,17H,8-9,16H2,1-5H3. The van der Waals surface area contributed by atoms with Gasteiger partial charge in [-0.2, -0.15) is 0 Å². The van der Waals surface area contributed by atoms with Crippen LogP contribution in [0.3, 0.4) is 0 Å². The molecule has 1 aromatic rings. The van der Waals surface area contributed by atoms with E-state index in [1.807, 2.05) is 45.8 Å². The second-order valence-electron chi connectivity index (χ2n) is 5.96. The monoisotopic (exact) mass is 377 g/mol.